The lowest BCUT2D eigenvalue weighted by molar-refractivity contribution is -0.119. The number of nitrogens with zero attached hydrogens (tertiary/aromatic N) is 4. The molecular weight excluding hydrogens is 1540 g/mol. The number of carbonyl (C=O) groups is 4. The van der Waals surface area contributed by atoms with E-state index in [1.54, 1.807) is 48.8 Å². The number of ether oxygens (including phenoxy) is 1. The Balaban J connectivity index is 0.000000116. The number of amides is 3. The van der Waals surface area contributed by atoms with Crippen molar-refractivity contribution in [3.05, 3.63) is 267 Å². The Kier molecular flexibility index (Phi) is 25.6. The molecule has 19 rings (SSSR count). The highest BCUT2D eigenvalue weighted by molar-refractivity contribution is 6.31. The Bertz CT molecular complexity index is 5140. The van der Waals surface area contributed by atoms with Gasteiger partial charge in [0.1, 0.15) is 23.2 Å². The standard InChI is InChI=1S/C26H25ClFNO2.C25H25ClN2O2.C25H29ClN2O.C21H20ClFN2O/c27-18-3-1-15(2-4-18)10-20(30)11-16-9-17-13-24(26(31)22(17)12-16)21-7-8-29-25-6-5-19(28)14-23(21)25;26-19-5-7-20(8-6-19)28-25(29)13-16-11-17-14-21(15-18(17)12-16)30-24-9-10-27-23-4-2-1-3-22(23)24;26-21-7-9-22(10-8-21)27-25(29)14-17-12-19-15-23(16-20(19)13-17)28-11-3-5-18-4-1-2-6-24(18)28;22-17-1-3-18(4-2-17)25-21(26)9-13-7-14-10-16(11-15(14)8-13)19-5-6-24-12-20(19)23/h1-8,14,16-17,22,24,26,31H,9-13H2;1-10,16-18,21H,11-15H2,(H,28,29);1-2,4,6-10,17,19-20,23H,3,5,11-16H2,(H,27,29);1-6,10,12-15H,7-9,11H2,(H,25,26)/t16-,17+,22+,24?,26?;16?,17-,18+,21?;17?,19-,20+,23?;13-,14-,15+/m0..0/s1. The number of hydrogen-bond acceptors (Lipinski definition) is 10. The van der Waals surface area contributed by atoms with Crippen molar-refractivity contribution in [3.63, 3.8) is 0 Å². The number of allylic oxidation sites excluding steroid dienone is 2. The fourth-order valence-electron chi connectivity index (χ4n) is 21.6. The SMILES string of the molecule is O=C(CC1C[C@@H]2CC(N3CCCc4ccccc43)C[C@@H]2C1)Nc1ccc(Cl)cc1.O=C(CC1C[C@@H]2CC(Oc3ccnc4ccccc34)C[C@@H]2C1)Nc1ccc(Cl)cc1.O=C(C[C@@H]1C[C@@H]2CC(c3ccncc3F)=C[C@@H]2C1)Nc1ccc(Cl)cc1.O=C(Cc1ccc(Cl)cc1)C[C@@H]1C[C@@H]2CC(c3ccnc4ccc(F)cc34)C(O)[C@@H]2C1. The molecule has 16 atom stereocenters. The topological polar surface area (TPSA) is 176 Å². The molecule has 19 heteroatoms. The van der Waals surface area contributed by atoms with Crippen LogP contribution in [-0.4, -0.2) is 68.4 Å². The molecule has 4 heterocycles. The summed E-state index contributed by atoms with van der Waals surface area (Å²) < 4.78 is 34.2. The number of carbonyl (C=O) groups excluding carboxylic acids is 4. The molecule has 600 valence electrons. The number of anilines is 4. The molecule has 0 saturated heterocycles. The molecule has 0 bridgehead atoms. The van der Waals surface area contributed by atoms with Crippen molar-refractivity contribution in [1.29, 1.82) is 0 Å². The molecule has 10 aromatic rings. The number of fused-ring (bicyclic) bond motifs is 7. The van der Waals surface area contributed by atoms with Crippen molar-refractivity contribution in [2.75, 3.05) is 27.4 Å². The minimum atomic E-state index is -0.463. The average Bonchev–Trinajstić information content (AvgIpc) is 1.55. The zero-order chi connectivity index (χ0) is 79.9. The number of aromatic nitrogens is 3. The number of ketones is 1. The first-order valence-electron chi connectivity index (χ1n) is 41.7. The number of benzene rings is 7. The highest BCUT2D eigenvalue weighted by Crippen LogP contribution is 2.56. The molecule has 116 heavy (non-hydrogen) atoms. The number of aliphatic hydroxyl groups is 1. The molecule has 7 aromatic carbocycles. The van der Waals surface area contributed by atoms with Gasteiger partial charge < -0.3 is 30.7 Å². The molecule has 4 N–H and O–H groups in total. The molecular formula is C97H99Cl4F2N7O6. The monoisotopic (exact) mass is 1640 g/mol. The van der Waals surface area contributed by atoms with Crippen LogP contribution in [-0.2, 0) is 32.0 Å². The Labute approximate surface area is 698 Å². The number of aliphatic hydroxyl groups excluding tert-OH is 1. The van der Waals surface area contributed by atoms with Gasteiger partial charge in [-0.2, -0.15) is 0 Å². The summed E-state index contributed by atoms with van der Waals surface area (Å²) in [6.07, 6.45) is 28.8. The normalized spacial score (nSPS) is 26.3. The van der Waals surface area contributed by atoms with Gasteiger partial charge in [0.25, 0.3) is 0 Å². The number of hydrogen-bond donors (Lipinski definition) is 4. The number of nitrogens with one attached hydrogen (secondary N) is 3. The molecule has 8 aliphatic carbocycles. The Morgan fingerprint density at radius 3 is 1.65 bits per heavy atom. The first-order chi connectivity index (χ1) is 56.3. The van der Waals surface area contributed by atoms with Gasteiger partial charge in [0, 0.05) is 128 Å². The average molecular weight is 1640 g/mol. The zero-order valence-corrected chi connectivity index (χ0v) is 68.1. The number of pyridine rings is 3. The molecule has 0 spiro atoms. The summed E-state index contributed by atoms with van der Waals surface area (Å²) in [6.45, 7) is 1.20. The van der Waals surface area contributed by atoms with E-state index in [-0.39, 0.29) is 53.1 Å². The summed E-state index contributed by atoms with van der Waals surface area (Å²) >= 11 is 23.6. The molecule has 6 unspecified atom stereocenters. The lowest BCUT2D eigenvalue weighted by Gasteiger charge is -2.37. The third-order valence-electron chi connectivity index (χ3n) is 26.5. The first-order valence-corrected chi connectivity index (χ1v) is 43.2. The maximum Gasteiger partial charge on any atom is 0.224 e. The highest BCUT2D eigenvalue weighted by Gasteiger charge is 2.50. The van der Waals surface area contributed by atoms with Crippen molar-refractivity contribution in [3.8, 4) is 5.75 Å². The summed E-state index contributed by atoms with van der Waals surface area (Å²) in [5.74, 6) is 7.13. The van der Waals surface area contributed by atoms with Gasteiger partial charge >= 0.3 is 0 Å². The van der Waals surface area contributed by atoms with Gasteiger partial charge in [-0.15, -0.1) is 0 Å². The van der Waals surface area contributed by atoms with Crippen LogP contribution in [0.25, 0.3) is 27.4 Å². The van der Waals surface area contributed by atoms with Crippen LogP contribution in [0, 0.1) is 82.6 Å². The molecule has 7 saturated carbocycles. The molecule has 13 nitrogen and oxygen atoms in total. The van der Waals surface area contributed by atoms with Gasteiger partial charge in [0.2, 0.25) is 17.7 Å². The van der Waals surface area contributed by atoms with E-state index >= 15 is 0 Å². The van der Waals surface area contributed by atoms with E-state index in [0.717, 1.165) is 137 Å². The van der Waals surface area contributed by atoms with Crippen LogP contribution in [0.2, 0.25) is 20.1 Å². The summed E-state index contributed by atoms with van der Waals surface area (Å²) in [6, 6.07) is 57.3. The first kappa shape index (κ1) is 80.7. The molecule has 7 fully saturated rings. The predicted octanol–water partition coefficient (Wildman–Crippen LogP) is 23.1. The third-order valence-corrected chi connectivity index (χ3v) is 27.5. The van der Waals surface area contributed by atoms with Crippen molar-refractivity contribution < 1.29 is 37.8 Å². The van der Waals surface area contributed by atoms with Crippen molar-refractivity contribution in [1.82, 2.24) is 15.0 Å². The third kappa shape index (κ3) is 19.8. The lowest BCUT2D eigenvalue weighted by atomic mass is 9.87. The van der Waals surface area contributed by atoms with E-state index in [0.29, 0.717) is 117 Å². The smallest absolute Gasteiger partial charge is 0.224 e. The maximum absolute atomic E-state index is 13.9. The minimum Gasteiger partial charge on any atom is -0.490 e. The Morgan fingerprint density at radius 2 is 1.04 bits per heavy atom. The predicted molar refractivity (Wildman–Crippen MR) is 460 cm³/mol. The fourth-order valence-corrected chi connectivity index (χ4v) is 22.1. The Morgan fingerprint density at radius 1 is 0.509 bits per heavy atom. The van der Waals surface area contributed by atoms with Crippen LogP contribution in [0.3, 0.4) is 0 Å². The number of halogens is 6. The molecule has 3 amide bonds. The van der Waals surface area contributed by atoms with Gasteiger partial charge in [-0.25, -0.2) is 8.78 Å². The van der Waals surface area contributed by atoms with Crippen molar-refractivity contribution in [2.45, 2.75) is 159 Å². The second kappa shape index (κ2) is 36.8. The van der Waals surface area contributed by atoms with Crippen molar-refractivity contribution in [2.24, 2.45) is 71.0 Å². The van der Waals surface area contributed by atoms with Crippen LogP contribution in [0.15, 0.2) is 213 Å². The van der Waals surface area contributed by atoms with E-state index in [4.69, 9.17) is 51.1 Å². The van der Waals surface area contributed by atoms with E-state index in [2.05, 4.69) is 72.2 Å². The van der Waals surface area contributed by atoms with Crippen molar-refractivity contribution >= 4 is 120 Å². The zero-order valence-electron chi connectivity index (χ0n) is 65.0. The fraction of sp³-hybridized carbons (Fsp3) is 0.392. The summed E-state index contributed by atoms with van der Waals surface area (Å²) in [5, 5.41) is 24.7. The van der Waals surface area contributed by atoms with Crippen LogP contribution in [0.4, 0.5) is 31.5 Å². The van der Waals surface area contributed by atoms with Crippen LogP contribution in [0.1, 0.15) is 150 Å². The highest BCUT2D eigenvalue weighted by atomic mass is 35.5. The Hall–Kier alpha value is -9.09. The second-order valence-corrected chi connectivity index (χ2v) is 36.0. The van der Waals surface area contributed by atoms with Gasteiger partial charge in [-0.3, -0.25) is 34.1 Å². The van der Waals surface area contributed by atoms with Crippen LogP contribution in [0.5, 0.6) is 5.75 Å². The van der Waals surface area contributed by atoms with E-state index in [1.807, 2.05) is 109 Å². The largest absolute Gasteiger partial charge is 0.490 e. The summed E-state index contributed by atoms with van der Waals surface area (Å²) in [4.78, 5) is 65.0. The summed E-state index contributed by atoms with van der Waals surface area (Å²) in [5.41, 5.74) is 10.9. The van der Waals surface area contributed by atoms with Crippen LogP contribution < -0.4 is 25.6 Å². The van der Waals surface area contributed by atoms with Gasteiger partial charge in [-0.05, 0) is 336 Å². The van der Waals surface area contributed by atoms with Crippen LogP contribution >= 0.6 is 46.4 Å². The summed E-state index contributed by atoms with van der Waals surface area (Å²) in [7, 11) is 0. The molecule has 1 aliphatic heterocycles. The van der Waals surface area contributed by atoms with E-state index in [9.17, 15) is 33.1 Å². The number of aryl methyl sites for hydroxylation is 1. The second-order valence-electron chi connectivity index (χ2n) is 34.3. The van der Waals surface area contributed by atoms with Gasteiger partial charge in [-0.1, -0.05) is 94.9 Å². The van der Waals surface area contributed by atoms with Gasteiger partial charge in [0.15, 0.2) is 0 Å². The number of Topliss-reactive ketones (excluding diaryl/α,β-unsaturated/α-hetero) is 1. The quantitative estimate of drug-likeness (QED) is 0.0647. The lowest BCUT2D eigenvalue weighted by Crippen LogP contribution is -2.38. The minimum absolute atomic E-state index is 0.00646. The molecule has 9 aliphatic rings. The molecule has 3 aromatic heterocycles. The maximum atomic E-state index is 13.9. The van der Waals surface area contributed by atoms with E-state index in [1.165, 1.54) is 74.7 Å². The molecule has 0 radical (unpaired) electrons. The van der Waals surface area contributed by atoms with Gasteiger partial charge in [0.05, 0.1) is 29.4 Å². The number of rotatable bonds is 18. The van der Waals surface area contributed by atoms with E-state index < -0.39 is 6.10 Å². The number of para-hydroxylation sites is 2.